The molecule has 0 saturated heterocycles. The molecule has 1 aromatic carbocycles. The summed E-state index contributed by atoms with van der Waals surface area (Å²) in [6.45, 7) is 3.25. The van der Waals surface area contributed by atoms with E-state index >= 15 is 0 Å². The molecule has 0 aliphatic heterocycles. The van der Waals surface area contributed by atoms with Crippen LogP contribution in [0.1, 0.15) is 17.1 Å². The number of hydrogen-bond acceptors (Lipinski definition) is 3. The Kier molecular flexibility index (Phi) is 6.10. The molecule has 124 valence electrons. The van der Waals surface area contributed by atoms with Crippen LogP contribution in [0.3, 0.4) is 0 Å². The lowest BCUT2D eigenvalue weighted by atomic mass is 10.2. The largest absolute Gasteiger partial charge is 0.464 e. The minimum Gasteiger partial charge on any atom is -0.464 e. The van der Waals surface area contributed by atoms with Crippen LogP contribution in [0, 0.1) is 6.92 Å². The van der Waals surface area contributed by atoms with Gasteiger partial charge in [-0.3, -0.25) is 9.69 Å². The van der Waals surface area contributed by atoms with Crippen LogP contribution >= 0.6 is 23.2 Å². The van der Waals surface area contributed by atoms with Gasteiger partial charge in [-0.25, -0.2) is 0 Å². The minimum atomic E-state index is 0.0229. The van der Waals surface area contributed by atoms with Crippen molar-refractivity contribution in [1.29, 1.82) is 0 Å². The summed E-state index contributed by atoms with van der Waals surface area (Å²) in [5, 5.41) is 1.19. The molecule has 1 amide bonds. The van der Waals surface area contributed by atoms with Crippen LogP contribution in [0.25, 0.3) is 0 Å². The SMILES string of the molecule is Cc1ccc(CN(C)C(=O)CN(C)Cc2cc(Cl)cc(Cl)c2)o1. The molecule has 0 saturated carbocycles. The monoisotopic (exact) mass is 354 g/mol. The molecule has 0 aliphatic rings. The van der Waals surface area contributed by atoms with Crippen molar-refractivity contribution in [2.45, 2.75) is 20.0 Å². The second-order valence-corrected chi connectivity index (χ2v) is 6.59. The number of amides is 1. The molecule has 6 heteroatoms. The third-order valence-corrected chi connectivity index (χ3v) is 3.83. The van der Waals surface area contributed by atoms with Crippen LogP contribution in [0.4, 0.5) is 0 Å². The summed E-state index contributed by atoms with van der Waals surface area (Å²) >= 11 is 12.0. The Morgan fingerprint density at radius 1 is 1.09 bits per heavy atom. The predicted molar refractivity (Wildman–Crippen MR) is 92.7 cm³/mol. The van der Waals surface area contributed by atoms with E-state index in [1.807, 2.05) is 43.1 Å². The van der Waals surface area contributed by atoms with E-state index in [-0.39, 0.29) is 5.91 Å². The van der Waals surface area contributed by atoms with Gasteiger partial charge in [0.15, 0.2) is 0 Å². The van der Waals surface area contributed by atoms with E-state index in [0.717, 1.165) is 17.1 Å². The zero-order chi connectivity index (χ0) is 17.0. The summed E-state index contributed by atoms with van der Waals surface area (Å²) in [7, 11) is 3.65. The second-order valence-electron chi connectivity index (χ2n) is 5.71. The number of likely N-dealkylation sites (N-methyl/N-ethyl adjacent to an activating group) is 2. The molecule has 0 atom stereocenters. The second kappa shape index (κ2) is 7.86. The van der Waals surface area contributed by atoms with Crippen LogP contribution in [0.2, 0.25) is 10.0 Å². The molecule has 0 unspecified atom stereocenters. The van der Waals surface area contributed by atoms with Crippen LogP contribution in [-0.4, -0.2) is 36.3 Å². The molecule has 0 spiro atoms. The van der Waals surface area contributed by atoms with E-state index in [9.17, 15) is 4.79 Å². The van der Waals surface area contributed by atoms with Gasteiger partial charge in [-0.15, -0.1) is 0 Å². The van der Waals surface area contributed by atoms with Crippen LogP contribution in [-0.2, 0) is 17.9 Å². The molecule has 23 heavy (non-hydrogen) atoms. The average Bonchev–Trinajstić information content (AvgIpc) is 2.82. The van der Waals surface area contributed by atoms with Gasteiger partial charge in [-0.2, -0.15) is 0 Å². The predicted octanol–water partition coefficient (Wildman–Crippen LogP) is 3.99. The number of rotatable bonds is 6. The van der Waals surface area contributed by atoms with E-state index in [4.69, 9.17) is 27.6 Å². The maximum atomic E-state index is 12.3. The van der Waals surface area contributed by atoms with Gasteiger partial charge in [0.1, 0.15) is 11.5 Å². The van der Waals surface area contributed by atoms with Gasteiger partial charge in [0.05, 0.1) is 13.1 Å². The molecule has 0 aliphatic carbocycles. The van der Waals surface area contributed by atoms with Crippen LogP contribution in [0.15, 0.2) is 34.7 Å². The van der Waals surface area contributed by atoms with Gasteiger partial charge in [0.25, 0.3) is 0 Å². The Hall–Kier alpha value is -1.49. The highest BCUT2D eigenvalue weighted by Crippen LogP contribution is 2.20. The van der Waals surface area contributed by atoms with Gasteiger partial charge in [-0.05, 0) is 49.9 Å². The summed E-state index contributed by atoms with van der Waals surface area (Å²) in [5.41, 5.74) is 0.974. The first-order valence-electron chi connectivity index (χ1n) is 7.26. The Labute approximate surface area is 146 Å². The van der Waals surface area contributed by atoms with E-state index in [1.54, 1.807) is 18.0 Å². The van der Waals surface area contributed by atoms with Crippen molar-refractivity contribution in [2.75, 3.05) is 20.6 Å². The van der Waals surface area contributed by atoms with E-state index in [2.05, 4.69) is 0 Å². The number of halogens is 2. The Balaban J connectivity index is 1.88. The van der Waals surface area contributed by atoms with Gasteiger partial charge in [0.2, 0.25) is 5.91 Å². The van der Waals surface area contributed by atoms with Gasteiger partial charge < -0.3 is 9.32 Å². The number of furan rings is 1. The fourth-order valence-electron chi connectivity index (χ4n) is 2.31. The molecule has 4 nitrogen and oxygen atoms in total. The van der Waals surface area contributed by atoms with Gasteiger partial charge in [-0.1, -0.05) is 23.2 Å². The lowest BCUT2D eigenvalue weighted by Gasteiger charge is -2.21. The third-order valence-electron chi connectivity index (χ3n) is 3.39. The van der Waals surface area contributed by atoms with Crippen molar-refractivity contribution in [3.05, 3.63) is 57.5 Å². The first kappa shape index (κ1) is 17.9. The quantitative estimate of drug-likeness (QED) is 0.786. The standard InChI is InChI=1S/C17H20Cl2N2O2/c1-12-4-5-16(23-12)10-21(3)17(22)11-20(2)9-13-6-14(18)8-15(19)7-13/h4-8H,9-11H2,1-3H3. The van der Waals surface area contributed by atoms with Crippen LogP contribution in [0.5, 0.6) is 0 Å². The molecule has 0 bridgehead atoms. The first-order valence-corrected chi connectivity index (χ1v) is 8.02. The Bertz CT molecular complexity index is 665. The van der Waals surface area contributed by atoms with E-state index in [1.165, 1.54) is 0 Å². The van der Waals surface area contributed by atoms with Crippen molar-refractivity contribution in [2.24, 2.45) is 0 Å². The number of carbonyl (C=O) groups is 1. The smallest absolute Gasteiger partial charge is 0.236 e. The zero-order valence-corrected chi connectivity index (χ0v) is 15.0. The molecule has 0 N–H and O–H groups in total. The highest BCUT2D eigenvalue weighted by molar-refractivity contribution is 6.34. The maximum absolute atomic E-state index is 12.3. The summed E-state index contributed by atoms with van der Waals surface area (Å²) in [4.78, 5) is 15.9. The average molecular weight is 355 g/mol. The number of hydrogen-bond donors (Lipinski definition) is 0. The lowest BCUT2D eigenvalue weighted by Crippen LogP contribution is -2.35. The molecule has 2 rings (SSSR count). The molecule has 0 radical (unpaired) electrons. The van der Waals surface area contributed by atoms with Crippen molar-refractivity contribution < 1.29 is 9.21 Å². The van der Waals surface area contributed by atoms with Crippen molar-refractivity contribution >= 4 is 29.1 Å². The fourth-order valence-corrected chi connectivity index (χ4v) is 2.88. The third kappa shape index (κ3) is 5.57. The first-order chi connectivity index (χ1) is 10.8. The molecule has 2 aromatic rings. The summed E-state index contributed by atoms with van der Waals surface area (Å²) in [5.74, 6) is 1.65. The fraction of sp³-hybridized carbons (Fsp3) is 0.353. The summed E-state index contributed by atoms with van der Waals surface area (Å²) < 4.78 is 5.49. The van der Waals surface area contributed by atoms with Gasteiger partial charge >= 0.3 is 0 Å². The molecular formula is C17H20Cl2N2O2. The van der Waals surface area contributed by atoms with Crippen molar-refractivity contribution in [1.82, 2.24) is 9.80 Å². The van der Waals surface area contributed by atoms with Crippen molar-refractivity contribution in [3.63, 3.8) is 0 Å². The normalized spacial score (nSPS) is 11.0. The van der Waals surface area contributed by atoms with E-state index in [0.29, 0.717) is 29.7 Å². The summed E-state index contributed by atoms with van der Waals surface area (Å²) in [6, 6.07) is 9.17. The summed E-state index contributed by atoms with van der Waals surface area (Å²) in [6.07, 6.45) is 0. The number of benzene rings is 1. The Morgan fingerprint density at radius 3 is 2.30 bits per heavy atom. The minimum absolute atomic E-state index is 0.0229. The topological polar surface area (TPSA) is 36.7 Å². The van der Waals surface area contributed by atoms with Crippen LogP contribution < -0.4 is 0 Å². The molecule has 0 fully saturated rings. The highest BCUT2D eigenvalue weighted by Gasteiger charge is 2.14. The highest BCUT2D eigenvalue weighted by atomic mass is 35.5. The molecule has 1 heterocycles. The van der Waals surface area contributed by atoms with Crippen molar-refractivity contribution in [3.8, 4) is 0 Å². The maximum Gasteiger partial charge on any atom is 0.236 e. The molecular weight excluding hydrogens is 335 g/mol. The van der Waals surface area contributed by atoms with Gasteiger partial charge in [0, 0.05) is 23.6 Å². The lowest BCUT2D eigenvalue weighted by molar-refractivity contribution is -0.131. The number of aryl methyl sites for hydroxylation is 1. The number of nitrogens with zero attached hydrogens (tertiary/aromatic N) is 2. The number of carbonyl (C=O) groups excluding carboxylic acids is 1. The van der Waals surface area contributed by atoms with E-state index < -0.39 is 0 Å². The molecule has 1 aromatic heterocycles. The Morgan fingerprint density at radius 2 is 1.74 bits per heavy atom. The zero-order valence-electron chi connectivity index (χ0n) is 13.5.